The minimum Gasteiger partial charge on any atom is -0.279 e. The highest BCUT2D eigenvalue weighted by Crippen LogP contribution is 2.22. The van der Waals surface area contributed by atoms with Crippen LogP contribution in [0.3, 0.4) is 0 Å². The Morgan fingerprint density at radius 1 is 0.880 bits per heavy atom. The number of pyridine rings is 1. The van der Waals surface area contributed by atoms with Crippen molar-refractivity contribution < 1.29 is 8.42 Å². The van der Waals surface area contributed by atoms with E-state index in [4.69, 9.17) is 0 Å². The van der Waals surface area contributed by atoms with Crippen molar-refractivity contribution in [3.05, 3.63) is 89.7 Å². The van der Waals surface area contributed by atoms with Crippen molar-refractivity contribution >= 4 is 27.9 Å². The van der Waals surface area contributed by atoms with Gasteiger partial charge in [0.15, 0.2) is 0 Å². The number of benzene rings is 2. The monoisotopic (exact) mass is 350 g/mol. The highest BCUT2D eigenvalue weighted by Gasteiger charge is 2.14. The molecule has 2 aromatic carbocycles. The third-order valence-corrected chi connectivity index (χ3v) is 5.08. The first-order valence-corrected chi connectivity index (χ1v) is 9.29. The van der Waals surface area contributed by atoms with Crippen LogP contribution in [0.15, 0.2) is 78.0 Å². The Labute approximate surface area is 147 Å². The molecule has 0 unspecified atom stereocenters. The zero-order chi connectivity index (χ0) is 17.7. The third kappa shape index (κ3) is 4.33. The van der Waals surface area contributed by atoms with E-state index in [2.05, 4.69) is 9.71 Å². The molecule has 0 spiro atoms. The van der Waals surface area contributed by atoms with Crippen LogP contribution in [-0.4, -0.2) is 13.4 Å². The smallest absolute Gasteiger partial charge is 0.261 e. The molecule has 1 heterocycles. The topological polar surface area (TPSA) is 59.1 Å². The molecule has 0 atom stereocenters. The molecule has 0 saturated heterocycles. The maximum atomic E-state index is 12.6. The standard InChI is InChI=1S/C20H18N2O2S/c1-16-6-10-19(11-7-16)25(23,24)22-20-5-3-2-4-18(20)9-8-17-12-14-21-15-13-17/h2-15,22H,1H3. The van der Waals surface area contributed by atoms with Gasteiger partial charge in [-0.25, -0.2) is 8.42 Å². The van der Waals surface area contributed by atoms with Crippen LogP contribution in [0.1, 0.15) is 16.7 Å². The first kappa shape index (κ1) is 16.9. The molecule has 4 nitrogen and oxygen atoms in total. The first-order valence-electron chi connectivity index (χ1n) is 7.81. The van der Waals surface area contributed by atoms with Crippen LogP contribution in [0.5, 0.6) is 0 Å². The van der Waals surface area contributed by atoms with E-state index in [1.54, 1.807) is 48.8 Å². The summed E-state index contributed by atoms with van der Waals surface area (Å²) < 4.78 is 27.9. The van der Waals surface area contributed by atoms with Crippen molar-refractivity contribution in [3.8, 4) is 0 Å². The van der Waals surface area contributed by atoms with Crippen LogP contribution >= 0.6 is 0 Å². The number of anilines is 1. The van der Waals surface area contributed by atoms with E-state index < -0.39 is 10.0 Å². The predicted molar refractivity (Wildman–Crippen MR) is 102 cm³/mol. The zero-order valence-corrected chi connectivity index (χ0v) is 14.6. The lowest BCUT2D eigenvalue weighted by Crippen LogP contribution is -2.13. The van der Waals surface area contributed by atoms with E-state index >= 15 is 0 Å². The molecule has 1 N–H and O–H groups in total. The molecule has 3 rings (SSSR count). The Morgan fingerprint density at radius 2 is 1.56 bits per heavy atom. The molecule has 25 heavy (non-hydrogen) atoms. The van der Waals surface area contributed by atoms with E-state index in [0.29, 0.717) is 5.69 Å². The number of nitrogens with zero attached hydrogens (tertiary/aromatic N) is 1. The van der Waals surface area contributed by atoms with Gasteiger partial charge in [0, 0.05) is 12.4 Å². The lowest BCUT2D eigenvalue weighted by molar-refractivity contribution is 0.601. The molecule has 0 bridgehead atoms. The molecule has 0 amide bonds. The minimum atomic E-state index is -3.63. The quantitative estimate of drug-likeness (QED) is 0.744. The van der Waals surface area contributed by atoms with Crippen LogP contribution in [0.2, 0.25) is 0 Å². The summed E-state index contributed by atoms with van der Waals surface area (Å²) in [5, 5.41) is 0. The SMILES string of the molecule is Cc1ccc(S(=O)(=O)Nc2ccccc2C=Cc2ccncc2)cc1. The molecule has 0 saturated carbocycles. The molecule has 0 aliphatic rings. The molecule has 1 aromatic heterocycles. The van der Waals surface area contributed by atoms with Gasteiger partial charge in [-0.05, 0) is 48.4 Å². The third-order valence-electron chi connectivity index (χ3n) is 3.70. The van der Waals surface area contributed by atoms with Crippen LogP contribution in [0.4, 0.5) is 5.69 Å². The van der Waals surface area contributed by atoms with Gasteiger partial charge in [-0.2, -0.15) is 0 Å². The molecular weight excluding hydrogens is 332 g/mol. The van der Waals surface area contributed by atoms with Crippen molar-refractivity contribution in [2.75, 3.05) is 4.72 Å². The normalized spacial score (nSPS) is 11.6. The van der Waals surface area contributed by atoms with Crippen molar-refractivity contribution in [1.82, 2.24) is 4.98 Å². The second-order valence-corrected chi connectivity index (χ2v) is 7.30. The van der Waals surface area contributed by atoms with Gasteiger partial charge in [0.1, 0.15) is 0 Å². The number of aryl methyl sites for hydroxylation is 1. The number of hydrogen-bond donors (Lipinski definition) is 1. The Hall–Kier alpha value is -2.92. The van der Waals surface area contributed by atoms with Crippen LogP contribution in [0, 0.1) is 6.92 Å². The highest BCUT2D eigenvalue weighted by atomic mass is 32.2. The summed E-state index contributed by atoms with van der Waals surface area (Å²) >= 11 is 0. The lowest BCUT2D eigenvalue weighted by atomic mass is 10.1. The van der Waals surface area contributed by atoms with Gasteiger partial charge in [-0.1, -0.05) is 48.0 Å². The number of sulfonamides is 1. The molecule has 3 aromatic rings. The van der Waals surface area contributed by atoms with Crippen LogP contribution in [0.25, 0.3) is 12.2 Å². The Bertz CT molecular complexity index is 980. The Balaban J connectivity index is 1.88. The van der Waals surface area contributed by atoms with Crippen LogP contribution in [-0.2, 0) is 10.0 Å². The molecule has 0 aliphatic heterocycles. The van der Waals surface area contributed by atoms with Gasteiger partial charge in [0.2, 0.25) is 0 Å². The fourth-order valence-corrected chi connectivity index (χ4v) is 3.40. The Kier molecular flexibility index (Phi) is 4.95. The number of para-hydroxylation sites is 1. The number of nitrogens with one attached hydrogen (secondary N) is 1. The van der Waals surface area contributed by atoms with Gasteiger partial charge in [-0.3, -0.25) is 9.71 Å². The van der Waals surface area contributed by atoms with Crippen molar-refractivity contribution in [2.45, 2.75) is 11.8 Å². The van der Waals surface area contributed by atoms with Gasteiger partial charge in [0.05, 0.1) is 10.6 Å². The summed E-state index contributed by atoms with van der Waals surface area (Å²) in [6.45, 7) is 1.92. The number of aromatic nitrogens is 1. The van der Waals surface area contributed by atoms with Gasteiger partial charge < -0.3 is 0 Å². The van der Waals surface area contributed by atoms with E-state index in [9.17, 15) is 8.42 Å². The average Bonchev–Trinajstić information content (AvgIpc) is 2.62. The fourth-order valence-electron chi connectivity index (χ4n) is 2.32. The van der Waals surface area contributed by atoms with Gasteiger partial charge in [-0.15, -0.1) is 0 Å². The summed E-state index contributed by atoms with van der Waals surface area (Å²) in [6.07, 6.45) is 7.22. The lowest BCUT2D eigenvalue weighted by Gasteiger charge is -2.11. The van der Waals surface area contributed by atoms with E-state index in [-0.39, 0.29) is 4.90 Å². The maximum Gasteiger partial charge on any atom is 0.261 e. The largest absolute Gasteiger partial charge is 0.279 e. The van der Waals surface area contributed by atoms with Gasteiger partial charge >= 0.3 is 0 Å². The summed E-state index contributed by atoms with van der Waals surface area (Å²) in [5.74, 6) is 0. The number of hydrogen-bond acceptors (Lipinski definition) is 3. The predicted octanol–water partition coefficient (Wildman–Crippen LogP) is 4.36. The second kappa shape index (κ2) is 7.32. The summed E-state index contributed by atoms with van der Waals surface area (Å²) in [6, 6.07) is 17.8. The van der Waals surface area contributed by atoms with Gasteiger partial charge in [0.25, 0.3) is 10.0 Å². The number of rotatable bonds is 5. The highest BCUT2D eigenvalue weighted by molar-refractivity contribution is 7.92. The van der Waals surface area contributed by atoms with Crippen LogP contribution < -0.4 is 4.72 Å². The first-order chi connectivity index (χ1) is 12.0. The molecule has 0 radical (unpaired) electrons. The molecular formula is C20H18N2O2S. The molecule has 0 fully saturated rings. The fraction of sp³-hybridized carbons (Fsp3) is 0.0500. The summed E-state index contributed by atoms with van der Waals surface area (Å²) in [5.41, 5.74) is 3.33. The second-order valence-electron chi connectivity index (χ2n) is 5.62. The maximum absolute atomic E-state index is 12.6. The summed E-state index contributed by atoms with van der Waals surface area (Å²) in [7, 11) is -3.63. The average molecular weight is 350 g/mol. The van der Waals surface area contributed by atoms with Crippen molar-refractivity contribution in [1.29, 1.82) is 0 Å². The minimum absolute atomic E-state index is 0.242. The zero-order valence-electron chi connectivity index (χ0n) is 13.8. The van der Waals surface area contributed by atoms with E-state index in [1.165, 1.54) is 0 Å². The Morgan fingerprint density at radius 3 is 2.28 bits per heavy atom. The molecule has 0 aliphatic carbocycles. The van der Waals surface area contributed by atoms with Crippen molar-refractivity contribution in [3.63, 3.8) is 0 Å². The molecule has 5 heteroatoms. The molecule has 126 valence electrons. The van der Waals surface area contributed by atoms with E-state index in [0.717, 1.165) is 16.7 Å². The van der Waals surface area contributed by atoms with Crippen molar-refractivity contribution in [2.24, 2.45) is 0 Å². The summed E-state index contributed by atoms with van der Waals surface area (Å²) in [4.78, 5) is 4.22. The van der Waals surface area contributed by atoms with E-state index in [1.807, 2.05) is 43.3 Å².